The minimum atomic E-state index is -3.84. The maximum Gasteiger partial charge on any atom is 0.267 e. The molecule has 19 heavy (non-hydrogen) atoms. The first-order valence-corrected chi connectivity index (χ1v) is 6.92. The fourth-order valence-electron chi connectivity index (χ4n) is 1.58. The summed E-state index contributed by atoms with van der Waals surface area (Å²) in [6, 6.07) is 4.61. The van der Waals surface area contributed by atoms with Gasteiger partial charge in [-0.15, -0.1) is 0 Å². The van der Waals surface area contributed by atoms with E-state index in [9.17, 15) is 8.42 Å². The average Bonchev–Trinajstić information content (AvgIpc) is 2.26. The van der Waals surface area contributed by atoms with Crippen LogP contribution < -0.4 is 10.5 Å². The Hall–Kier alpha value is -2.22. The molecule has 0 spiro atoms. The summed E-state index contributed by atoms with van der Waals surface area (Å²) in [6.45, 7) is 3.51. The van der Waals surface area contributed by atoms with E-state index in [0.29, 0.717) is 11.4 Å². The van der Waals surface area contributed by atoms with E-state index in [-0.39, 0.29) is 16.7 Å². The second kappa shape index (κ2) is 4.81. The zero-order chi connectivity index (χ0) is 14.0. The molecule has 0 radical (unpaired) electrons. The summed E-state index contributed by atoms with van der Waals surface area (Å²) in [4.78, 5) is 11.7. The third kappa shape index (κ3) is 2.97. The predicted octanol–water partition coefficient (Wildman–Crippen LogP) is 0.871. The van der Waals surface area contributed by atoms with Crippen LogP contribution in [0.15, 0.2) is 29.3 Å². The van der Waals surface area contributed by atoms with Gasteiger partial charge in [0.1, 0.15) is 10.7 Å². The van der Waals surface area contributed by atoms with Crippen molar-refractivity contribution in [2.75, 3.05) is 10.5 Å². The largest absolute Gasteiger partial charge is 0.383 e. The van der Waals surface area contributed by atoms with Crippen molar-refractivity contribution in [2.45, 2.75) is 18.7 Å². The van der Waals surface area contributed by atoms with E-state index in [1.807, 2.05) is 0 Å². The Bertz CT molecular complexity index is 695. The molecule has 2 rings (SSSR count). The Kier molecular flexibility index (Phi) is 3.34. The molecule has 0 aliphatic heterocycles. The number of sulfonamides is 1. The quantitative estimate of drug-likeness (QED) is 0.862. The van der Waals surface area contributed by atoms with Crippen LogP contribution in [0.25, 0.3) is 0 Å². The number of anilines is 2. The molecule has 2 heterocycles. The zero-order valence-electron chi connectivity index (χ0n) is 10.5. The number of nitrogens with zero attached hydrogens (tertiary/aromatic N) is 3. The van der Waals surface area contributed by atoms with Crippen LogP contribution in [0.2, 0.25) is 0 Å². The van der Waals surface area contributed by atoms with Gasteiger partial charge >= 0.3 is 0 Å². The molecule has 0 fully saturated rings. The molecule has 0 aliphatic rings. The van der Waals surface area contributed by atoms with Gasteiger partial charge in [0.2, 0.25) is 5.95 Å². The van der Waals surface area contributed by atoms with Crippen molar-refractivity contribution in [3.05, 3.63) is 35.8 Å². The fourth-order valence-corrected chi connectivity index (χ4v) is 2.60. The van der Waals surface area contributed by atoms with Crippen molar-refractivity contribution in [3.63, 3.8) is 0 Å². The average molecular weight is 279 g/mol. The van der Waals surface area contributed by atoms with Gasteiger partial charge in [-0.3, -0.25) is 0 Å². The lowest BCUT2D eigenvalue weighted by Crippen LogP contribution is -2.17. The van der Waals surface area contributed by atoms with Gasteiger partial charge in [0.05, 0.1) is 0 Å². The van der Waals surface area contributed by atoms with E-state index in [1.165, 1.54) is 18.3 Å². The molecule has 0 aliphatic carbocycles. The molecule has 2 aromatic heterocycles. The van der Waals surface area contributed by atoms with Crippen LogP contribution in [-0.4, -0.2) is 23.4 Å². The van der Waals surface area contributed by atoms with Gasteiger partial charge in [-0.1, -0.05) is 0 Å². The second-order valence-corrected chi connectivity index (χ2v) is 5.62. The van der Waals surface area contributed by atoms with Crippen molar-refractivity contribution in [1.82, 2.24) is 15.0 Å². The summed E-state index contributed by atoms with van der Waals surface area (Å²) in [5.41, 5.74) is 6.89. The van der Waals surface area contributed by atoms with Gasteiger partial charge < -0.3 is 5.73 Å². The number of rotatable bonds is 3. The number of aromatic nitrogens is 3. The van der Waals surface area contributed by atoms with Crippen molar-refractivity contribution in [2.24, 2.45) is 0 Å². The molecule has 7 nitrogen and oxygen atoms in total. The number of nitrogen functional groups attached to an aromatic ring is 1. The molecule has 100 valence electrons. The maximum absolute atomic E-state index is 12.1. The molecule has 0 saturated heterocycles. The standard InChI is InChI=1S/C11H13N5O2S/c1-7-6-8(2)15-11(14-7)16-19(17,18)9-4-3-5-13-10(9)12/h3-6H,1-2H3,(H2,12,13)(H,14,15,16). The summed E-state index contributed by atoms with van der Waals surface area (Å²) >= 11 is 0. The number of aryl methyl sites for hydroxylation is 2. The first-order chi connectivity index (χ1) is 8.88. The zero-order valence-corrected chi connectivity index (χ0v) is 11.3. The fraction of sp³-hybridized carbons (Fsp3) is 0.182. The molecule has 3 N–H and O–H groups in total. The highest BCUT2D eigenvalue weighted by Gasteiger charge is 2.19. The van der Waals surface area contributed by atoms with Crippen LogP contribution in [0.4, 0.5) is 11.8 Å². The van der Waals surface area contributed by atoms with Crippen molar-refractivity contribution >= 4 is 21.8 Å². The van der Waals surface area contributed by atoms with Gasteiger partial charge in [-0.25, -0.2) is 28.1 Å². The lowest BCUT2D eigenvalue weighted by Gasteiger charge is -2.08. The van der Waals surface area contributed by atoms with Crippen LogP contribution in [0, 0.1) is 13.8 Å². The summed E-state index contributed by atoms with van der Waals surface area (Å²) in [6.07, 6.45) is 1.42. The maximum atomic E-state index is 12.1. The number of pyridine rings is 1. The monoisotopic (exact) mass is 279 g/mol. The first-order valence-electron chi connectivity index (χ1n) is 5.44. The van der Waals surface area contributed by atoms with Crippen LogP contribution in [0.5, 0.6) is 0 Å². The Morgan fingerprint density at radius 2 is 1.84 bits per heavy atom. The van der Waals surface area contributed by atoms with Crippen LogP contribution in [-0.2, 0) is 10.0 Å². The van der Waals surface area contributed by atoms with E-state index in [2.05, 4.69) is 19.7 Å². The number of hydrogen-bond donors (Lipinski definition) is 2. The van der Waals surface area contributed by atoms with Crippen molar-refractivity contribution in [3.8, 4) is 0 Å². The minimum absolute atomic E-state index is 0.0146. The van der Waals surface area contributed by atoms with E-state index < -0.39 is 10.0 Å². The minimum Gasteiger partial charge on any atom is -0.383 e. The Morgan fingerprint density at radius 1 is 1.21 bits per heavy atom. The van der Waals surface area contributed by atoms with Gasteiger partial charge in [-0.2, -0.15) is 0 Å². The molecule has 0 bridgehead atoms. The highest BCUT2D eigenvalue weighted by Crippen LogP contribution is 2.17. The molecule has 0 aromatic carbocycles. The molecule has 0 unspecified atom stereocenters. The molecule has 2 aromatic rings. The van der Waals surface area contributed by atoms with Gasteiger partial charge in [-0.05, 0) is 32.0 Å². The van der Waals surface area contributed by atoms with E-state index in [0.717, 1.165) is 0 Å². The summed E-state index contributed by atoms with van der Waals surface area (Å²) in [5, 5.41) is 0. The SMILES string of the molecule is Cc1cc(C)nc(NS(=O)(=O)c2cccnc2N)n1. The number of nitrogens with one attached hydrogen (secondary N) is 1. The summed E-state index contributed by atoms with van der Waals surface area (Å²) in [7, 11) is -3.84. The predicted molar refractivity (Wildman–Crippen MR) is 71.0 cm³/mol. The van der Waals surface area contributed by atoms with E-state index in [4.69, 9.17) is 5.73 Å². The van der Waals surface area contributed by atoms with Gasteiger partial charge in [0, 0.05) is 17.6 Å². The summed E-state index contributed by atoms with van der Waals surface area (Å²) in [5.74, 6) is -0.0554. The molecular weight excluding hydrogens is 266 g/mol. The summed E-state index contributed by atoms with van der Waals surface area (Å²) < 4.78 is 26.6. The molecular formula is C11H13N5O2S. The molecule has 8 heteroatoms. The smallest absolute Gasteiger partial charge is 0.267 e. The highest BCUT2D eigenvalue weighted by molar-refractivity contribution is 7.92. The van der Waals surface area contributed by atoms with E-state index >= 15 is 0 Å². The Morgan fingerprint density at radius 3 is 2.42 bits per heavy atom. The topological polar surface area (TPSA) is 111 Å². The third-order valence-electron chi connectivity index (χ3n) is 2.30. The van der Waals surface area contributed by atoms with Crippen LogP contribution in [0.1, 0.15) is 11.4 Å². The number of hydrogen-bond acceptors (Lipinski definition) is 6. The van der Waals surface area contributed by atoms with Crippen molar-refractivity contribution < 1.29 is 8.42 Å². The number of nitrogens with two attached hydrogens (primary N) is 1. The first kappa shape index (κ1) is 13.2. The Balaban J connectivity index is 2.39. The Labute approximate surface area is 111 Å². The van der Waals surface area contributed by atoms with Gasteiger partial charge in [0.25, 0.3) is 10.0 Å². The highest BCUT2D eigenvalue weighted by atomic mass is 32.2. The van der Waals surface area contributed by atoms with Crippen LogP contribution >= 0.6 is 0 Å². The second-order valence-electron chi connectivity index (χ2n) is 3.97. The van der Waals surface area contributed by atoms with E-state index in [1.54, 1.807) is 19.9 Å². The molecule has 0 saturated carbocycles. The van der Waals surface area contributed by atoms with Crippen LogP contribution in [0.3, 0.4) is 0 Å². The lowest BCUT2D eigenvalue weighted by molar-refractivity contribution is 0.601. The third-order valence-corrected chi connectivity index (χ3v) is 3.67. The normalized spacial score (nSPS) is 11.3. The molecule has 0 amide bonds. The van der Waals surface area contributed by atoms with Gasteiger partial charge in [0.15, 0.2) is 0 Å². The van der Waals surface area contributed by atoms with Crippen molar-refractivity contribution in [1.29, 1.82) is 0 Å². The molecule has 0 atom stereocenters. The lowest BCUT2D eigenvalue weighted by atomic mass is 10.4.